The number of hydrogen-bond donors (Lipinski definition) is 2. The van der Waals surface area contributed by atoms with E-state index < -0.39 is 12.0 Å². The predicted molar refractivity (Wildman–Crippen MR) is 76.1 cm³/mol. The number of nitrogens with zero attached hydrogens (tertiary/aromatic N) is 2. The summed E-state index contributed by atoms with van der Waals surface area (Å²) < 4.78 is 0. The number of carboxylic acids is 1. The number of rotatable bonds is 6. The van der Waals surface area contributed by atoms with Crippen LogP contribution in [0.4, 0.5) is 10.5 Å². The first-order chi connectivity index (χ1) is 9.52. The van der Waals surface area contributed by atoms with Crippen molar-refractivity contribution in [2.24, 2.45) is 0 Å². The zero-order valence-corrected chi connectivity index (χ0v) is 11.3. The highest BCUT2D eigenvalue weighted by Gasteiger charge is 2.21. The summed E-state index contributed by atoms with van der Waals surface area (Å²) in [5, 5.41) is 18.1. The van der Waals surface area contributed by atoms with E-state index in [1.165, 1.54) is 22.9 Å². The summed E-state index contributed by atoms with van der Waals surface area (Å²) >= 11 is 0. The summed E-state index contributed by atoms with van der Waals surface area (Å²) in [6.07, 6.45) is 1.55. The quantitative estimate of drug-likeness (QED) is 0.771. The largest absolute Gasteiger partial charge is 0.478 e. The van der Waals surface area contributed by atoms with Gasteiger partial charge in [-0.25, -0.2) is 9.59 Å². The van der Waals surface area contributed by atoms with Gasteiger partial charge in [-0.1, -0.05) is 18.2 Å². The zero-order chi connectivity index (χ0) is 15.1. The van der Waals surface area contributed by atoms with Gasteiger partial charge >= 0.3 is 12.0 Å². The Bertz CT molecular complexity index is 502. The molecule has 0 aliphatic carbocycles. The van der Waals surface area contributed by atoms with E-state index >= 15 is 0 Å². The topological polar surface area (TPSA) is 81.1 Å². The number of urea groups is 1. The van der Waals surface area contributed by atoms with Crippen LogP contribution in [0.15, 0.2) is 36.9 Å². The van der Waals surface area contributed by atoms with Crippen LogP contribution in [0.2, 0.25) is 0 Å². The molecule has 0 heterocycles. The molecule has 0 aliphatic rings. The van der Waals surface area contributed by atoms with Crippen molar-refractivity contribution in [2.45, 2.75) is 0 Å². The van der Waals surface area contributed by atoms with Crippen LogP contribution < -0.4 is 4.90 Å². The third-order valence-corrected chi connectivity index (χ3v) is 2.77. The van der Waals surface area contributed by atoms with E-state index in [0.29, 0.717) is 5.69 Å². The monoisotopic (exact) mass is 278 g/mol. The van der Waals surface area contributed by atoms with E-state index in [4.69, 9.17) is 10.2 Å². The molecular formula is C14H18N2O4. The Labute approximate surface area is 117 Å². The van der Waals surface area contributed by atoms with Crippen molar-refractivity contribution in [2.75, 3.05) is 31.6 Å². The minimum atomic E-state index is -1.10. The molecule has 0 aromatic heterocycles. The molecular weight excluding hydrogens is 260 g/mol. The molecule has 1 aromatic rings. The number of carbonyl (C=O) groups excluding carboxylic acids is 1. The Morgan fingerprint density at radius 2 is 2.00 bits per heavy atom. The van der Waals surface area contributed by atoms with Crippen LogP contribution in [0.1, 0.15) is 10.4 Å². The van der Waals surface area contributed by atoms with Gasteiger partial charge in [-0.05, 0) is 12.1 Å². The van der Waals surface area contributed by atoms with E-state index in [1.54, 1.807) is 24.3 Å². The van der Waals surface area contributed by atoms with Gasteiger partial charge in [0.15, 0.2) is 0 Å². The van der Waals surface area contributed by atoms with Crippen LogP contribution in [-0.2, 0) is 0 Å². The number of benzene rings is 1. The lowest BCUT2D eigenvalue weighted by Gasteiger charge is -2.27. The molecule has 0 unspecified atom stereocenters. The first kappa shape index (κ1) is 15.7. The highest BCUT2D eigenvalue weighted by Crippen LogP contribution is 2.20. The average Bonchev–Trinajstić information content (AvgIpc) is 2.45. The van der Waals surface area contributed by atoms with Crippen LogP contribution in [-0.4, -0.2) is 53.9 Å². The van der Waals surface area contributed by atoms with Crippen molar-refractivity contribution >= 4 is 17.7 Å². The number of carbonyl (C=O) groups is 2. The Morgan fingerprint density at radius 3 is 2.55 bits per heavy atom. The summed E-state index contributed by atoms with van der Waals surface area (Å²) in [4.78, 5) is 26.1. The summed E-state index contributed by atoms with van der Waals surface area (Å²) in [5.41, 5.74) is 0.350. The second-order valence-electron chi connectivity index (χ2n) is 4.12. The highest BCUT2D eigenvalue weighted by molar-refractivity contribution is 6.01. The molecule has 6 nitrogen and oxygen atoms in total. The van der Waals surface area contributed by atoms with Crippen LogP contribution in [0.3, 0.4) is 0 Å². The third kappa shape index (κ3) is 3.58. The van der Waals surface area contributed by atoms with E-state index in [1.807, 2.05) is 0 Å². The number of para-hydroxylation sites is 1. The predicted octanol–water partition coefficient (Wildman–Crippen LogP) is 1.42. The van der Waals surface area contributed by atoms with Crippen molar-refractivity contribution in [3.8, 4) is 0 Å². The van der Waals surface area contributed by atoms with E-state index in [-0.39, 0.29) is 25.3 Å². The lowest BCUT2D eigenvalue weighted by Crippen LogP contribution is -2.43. The van der Waals surface area contributed by atoms with Crippen molar-refractivity contribution in [3.63, 3.8) is 0 Å². The maximum atomic E-state index is 12.3. The van der Waals surface area contributed by atoms with E-state index in [9.17, 15) is 9.59 Å². The number of aliphatic hydroxyl groups excluding tert-OH is 1. The molecule has 2 N–H and O–H groups in total. The Balaban J connectivity index is 3.04. The first-order valence-corrected chi connectivity index (χ1v) is 6.09. The molecule has 0 spiro atoms. The molecule has 1 rings (SSSR count). The maximum absolute atomic E-state index is 12.3. The van der Waals surface area contributed by atoms with Crippen LogP contribution in [0, 0.1) is 0 Å². The van der Waals surface area contributed by atoms with Crippen molar-refractivity contribution in [3.05, 3.63) is 42.5 Å². The van der Waals surface area contributed by atoms with E-state index in [2.05, 4.69) is 6.58 Å². The first-order valence-electron chi connectivity index (χ1n) is 6.09. The Kier molecular flexibility index (Phi) is 5.74. The zero-order valence-electron chi connectivity index (χ0n) is 11.3. The van der Waals surface area contributed by atoms with Crippen LogP contribution >= 0.6 is 0 Å². The van der Waals surface area contributed by atoms with Gasteiger partial charge in [0.1, 0.15) is 0 Å². The molecule has 0 atom stereocenters. The summed E-state index contributed by atoms with van der Waals surface area (Å²) in [6.45, 7) is 3.82. The average molecular weight is 278 g/mol. The molecule has 0 fully saturated rings. The van der Waals surface area contributed by atoms with Gasteiger partial charge in [-0.2, -0.15) is 0 Å². The van der Waals surface area contributed by atoms with E-state index in [0.717, 1.165) is 0 Å². The summed E-state index contributed by atoms with van der Waals surface area (Å²) in [6, 6.07) is 5.86. The minimum Gasteiger partial charge on any atom is -0.478 e. The number of aliphatic hydroxyl groups is 1. The van der Waals surface area contributed by atoms with Crippen LogP contribution in [0.25, 0.3) is 0 Å². The molecule has 0 bridgehead atoms. The SMILES string of the molecule is C=CCN(CCO)C(=O)N(C)c1ccccc1C(=O)O. The molecule has 108 valence electrons. The standard InChI is InChI=1S/C14H18N2O4/c1-3-8-16(9-10-17)14(20)15(2)12-7-5-4-6-11(12)13(18)19/h3-7,17H,1,8-10H2,2H3,(H,18,19). The molecule has 0 radical (unpaired) electrons. The van der Waals surface area contributed by atoms with Gasteiger partial charge in [0.05, 0.1) is 17.9 Å². The summed E-state index contributed by atoms with van der Waals surface area (Å²) in [7, 11) is 1.50. The fraction of sp³-hybridized carbons (Fsp3) is 0.286. The van der Waals surface area contributed by atoms with Gasteiger partial charge in [0, 0.05) is 20.1 Å². The fourth-order valence-electron chi connectivity index (χ4n) is 1.80. The van der Waals surface area contributed by atoms with Gasteiger partial charge in [-0.3, -0.25) is 4.90 Å². The van der Waals surface area contributed by atoms with Gasteiger partial charge in [0.25, 0.3) is 0 Å². The van der Waals surface area contributed by atoms with Crippen molar-refractivity contribution in [1.82, 2.24) is 4.90 Å². The lowest BCUT2D eigenvalue weighted by atomic mass is 10.1. The van der Waals surface area contributed by atoms with Crippen LogP contribution in [0.5, 0.6) is 0 Å². The minimum absolute atomic E-state index is 0.0471. The number of carboxylic acid groups (broad SMARTS) is 1. The molecule has 0 saturated heterocycles. The smallest absolute Gasteiger partial charge is 0.337 e. The number of hydrogen-bond acceptors (Lipinski definition) is 3. The molecule has 1 aromatic carbocycles. The Morgan fingerprint density at radius 1 is 1.35 bits per heavy atom. The molecule has 2 amide bonds. The third-order valence-electron chi connectivity index (χ3n) is 2.77. The fourth-order valence-corrected chi connectivity index (χ4v) is 1.80. The van der Waals surface area contributed by atoms with Gasteiger partial charge in [-0.15, -0.1) is 6.58 Å². The number of anilines is 1. The normalized spacial score (nSPS) is 9.90. The number of amides is 2. The molecule has 20 heavy (non-hydrogen) atoms. The molecule has 0 aliphatic heterocycles. The van der Waals surface area contributed by atoms with Crippen molar-refractivity contribution < 1.29 is 19.8 Å². The molecule has 0 saturated carbocycles. The second kappa shape index (κ2) is 7.30. The van der Waals surface area contributed by atoms with Gasteiger partial charge in [0.2, 0.25) is 0 Å². The second-order valence-corrected chi connectivity index (χ2v) is 4.12. The van der Waals surface area contributed by atoms with Crippen molar-refractivity contribution in [1.29, 1.82) is 0 Å². The lowest BCUT2D eigenvalue weighted by molar-refractivity contribution is 0.0697. The highest BCUT2D eigenvalue weighted by atomic mass is 16.4. The summed E-state index contributed by atoms with van der Waals surface area (Å²) in [5.74, 6) is -1.10. The molecule has 6 heteroatoms. The Hall–Kier alpha value is -2.34. The number of aromatic carboxylic acids is 1. The van der Waals surface area contributed by atoms with Gasteiger partial charge < -0.3 is 15.1 Å². The maximum Gasteiger partial charge on any atom is 0.337 e.